The molecule has 1 heterocycles. The highest BCUT2D eigenvalue weighted by Gasteiger charge is 2.35. The molecule has 1 aromatic carbocycles. The van der Waals surface area contributed by atoms with E-state index in [2.05, 4.69) is 0 Å². The summed E-state index contributed by atoms with van der Waals surface area (Å²) in [5.74, 6) is -0.190. The predicted octanol–water partition coefficient (Wildman–Crippen LogP) is 2.90. The molecule has 0 amide bonds. The minimum Gasteiger partial charge on any atom is -0.490 e. The molecular formula is C13H14F3NO2S. The molecule has 1 aliphatic rings. The van der Waals surface area contributed by atoms with Gasteiger partial charge in [-0.1, -0.05) is 12.2 Å². The quantitative estimate of drug-likeness (QED) is 0.872. The Kier molecular flexibility index (Phi) is 4.49. The van der Waals surface area contributed by atoms with E-state index in [0.717, 1.165) is 6.07 Å². The monoisotopic (exact) mass is 305 g/mol. The van der Waals surface area contributed by atoms with E-state index in [0.29, 0.717) is 26.1 Å². The summed E-state index contributed by atoms with van der Waals surface area (Å²) in [6.07, 6.45) is -3.62. The van der Waals surface area contributed by atoms with Crippen molar-refractivity contribution in [1.82, 2.24) is 0 Å². The van der Waals surface area contributed by atoms with Crippen molar-refractivity contribution in [2.45, 2.75) is 25.1 Å². The Morgan fingerprint density at radius 1 is 1.30 bits per heavy atom. The molecule has 1 aliphatic heterocycles. The highest BCUT2D eigenvalue weighted by atomic mass is 32.1. The number of alkyl halides is 3. The third-order valence-corrected chi connectivity index (χ3v) is 3.27. The van der Waals surface area contributed by atoms with Crippen LogP contribution in [0.25, 0.3) is 0 Å². The molecule has 0 saturated carbocycles. The van der Waals surface area contributed by atoms with Crippen LogP contribution in [0, 0.1) is 0 Å². The molecule has 1 aromatic rings. The van der Waals surface area contributed by atoms with Crippen LogP contribution >= 0.6 is 12.2 Å². The van der Waals surface area contributed by atoms with Gasteiger partial charge in [0.25, 0.3) is 0 Å². The number of hydrogen-bond donors (Lipinski definition) is 1. The van der Waals surface area contributed by atoms with Gasteiger partial charge in [0, 0.05) is 18.4 Å². The van der Waals surface area contributed by atoms with Gasteiger partial charge >= 0.3 is 6.18 Å². The maximum atomic E-state index is 13.1. The van der Waals surface area contributed by atoms with Crippen LogP contribution in [0.5, 0.6) is 5.75 Å². The predicted molar refractivity (Wildman–Crippen MR) is 71.8 cm³/mol. The van der Waals surface area contributed by atoms with E-state index < -0.39 is 11.7 Å². The van der Waals surface area contributed by atoms with Crippen LogP contribution in [0.3, 0.4) is 0 Å². The minimum atomic E-state index is -4.51. The largest absolute Gasteiger partial charge is 0.490 e. The van der Waals surface area contributed by atoms with Gasteiger partial charge in [0.15, 0.2) is 0 Å². The van der Waals surface area contributed by atoms with E-state index in [1.165, 1.54) is 12.1 Å². The van der Waals surface area contributed by atoms with Crippen molar-refractivity contribution >= 4 is 17.2 Å². The van der Waals surface area contributed by atoms with E-state index in [1.54, 1.807) is 0 Å². The number of halogens is 3. The molecule has 0 radical (unpaired) electrons. The summed E-state index contributed by atoms with van der Waals surface area (Å²) in [4.78, 5) is -0.0758. The van der Waals surface area contributed by atoms with Gasteiger partial charge in [-0.3, -0.25) is 0 Å². The fourth-order valence-electron chi connectivity index (χ4n) is 1.98. The number of ether oxygens (including phenoxy) is 2. The Labute approximate surface area is 119 Å². The molecule has 0 unspecified atom stereocenters. The second-order valence-corrected chi connectivity index (χ2v) is 4.94. The van der Waals surface area contributed by atoms with Crippen molar-refractivity contribution in [3.05, 3.63) is 29.3 Å². The number of nitrogens with two attached hydrogens (primary N) is 1. The average molecular weight is 305 g/mol. The Morgan fingerprint density at radius 3 is 2.50 bits per heavy atom. The third kappa shape index (κ3) is 3.61. The molecule has 1 saturated heterocycles. The molecule has 0 aliphatic carbocycles. The van der Waals surface area contributed by atoms with Gasteiger partial charge in [-0.25, -0.2) is 0 Å². The SMILES string of the molecule is NC(=S)c1ccc(OC2CCOCC2)c(C(F)(F)F)c1. The fourth-order valence-corrected chi connectivity index (χ4v) is 2.11. The zero-order valence-electron chi connectivity index (χ0n) is 10.6. The second kappa shape index (κ2) is 5.97. The van der Waals surface area contributed by atoms with Gasteiger partial charge in [0.1, 0.15) is 16.8 Å². The van der Waals surface area contributed by atoms with E-state index in [4.69, 9.17) is 27.4 Å². The van der Waals surface area contributed by atoms with E-state index in [1.807, 2.05) is 0 Å². The van der Waals surface area contributed by atoms with Crippen LogP contribution in [-0.2, 0) is 10.9 Å². The molecular weight excluding hydrogens is 291 g/mol. The lowest BCUT2D eigenvalue weighted by atomic mass is 10.1. The van der Waals surface area contributed by atoms with Crippen LogP contribution < -0.4 is 10.5 Å². The standard InChI is InChI=1S/C13H14F3NO2S/c14-13(15,16)10-7-8(12(17)20)1-2-11(10)19-9-3-5-18-6-4-9/h1-2,7,9H,3-6H2,(H2,17,20). The molecule has 1 fully saturated rings. The molecule has 0 aromatic heterocycles. The maximum Gasteiger partial charge on any atom is 0.419 e. The van der Waals surface area contributed by atoms with E-state index in [-0.39, 0.29) is 22.4 Å². The minimum absolute atomic E-state index is 0.0758. The van der Waals surface area contributed by atoms with Crippen molar-refractivity contribution in [3.8, 4) is 5.75 Å². The molecule has 110 valence electrons. The van der Waals surface area contributed by atoms with Gasteiger partial charge in [-0.2, -0.15) is 13.2 Å². The number of hydrogen-bond acceptors (Lipinski definition) is 3. The molecule has 3 nitrogen and oxygen atoms in total. The van der Waals surface area contributed by atoms with Gasteiger partial charge < -0.3 is 15.2 Å². The molecule has 2 rings (SSSR count). The highest BCUT2D eigenvalue weighted by molar-refractivity contribution is 7.80. The molecule has 20 heavy (non-hydrogen) atoms. The Hall–Kier alpha value is -1.34. The number of rotatable bonds is 3. The molecule has 0 bridgehead atoms. The Morgan fingerprint density at radius 2 is 1.95 bits per heavy atom. The van der Waals surface area contributed by atoms with Crippen LogP contribution in [0.15, 0.2) is 18.2 Å². The smallest absolute Gasteiger partial charge is 0.419 e. The first-order valence-electron chi connectivity index (χ1n) is 6.13. The lowest BCUT2D eigenvalue weighted by molar-refractivity contribution is -0.139. The number of benzene rings is 1. The topological polar surface area (TPSA) is 44.5 Å². The first kappa shape index (κ1) is 15.1. The van der Waals surface area contributed by atoms with Crippen LogP contribution in [0.4, 0.5) is 13.2 Å². The summed E-state index contributed by atoms with van der Waals surface area (Å²) < 4.78 is 49.8. The highest BCUT2D eigenvalue weighted by Crippen LogP contribution is 2.37. The van der Waals surface area contributed by atoms with Crippen molar-refractivity contribution < 1.29 is 22.6 Å². The summed E-state index contributed by atoms with van der Waals surface area (Å²) in [7, 11) is 0. The van der Waals surface area contributed by atoms with Crippen LogP contribution in [0.2, 0.25) is 0 Å². The molecule has 7 heteroatoms. The van der Waals surface area contributed by atoms with Gasteiger partial charge in [0.2, 0.25) is 0 Å². The fraction of sp³-hybridized carbons (Fsp3) is 0.462. The van der Waals surface area contributed by atoms with Crippen molar-refractivity contribution in [2.24, 2.45) is 5.73 Å². The van der Waals surface area contributed by atoms with Gasteiger partial charge in [0.05, 0.1) is 18.8 Å². The van der Waals surface area contributed by atoms with Crippen LogP contribution in [-0.4, -0.2) is 24.3 Å². The Balaban J connectivity index is 2.28. The normalized spacial score (nSPS) is 16.9. The molecule has 2 N–H and O–H groups in total. The zero-order chi connectivity index (χ0) is 14.8. The Bertz CT molecular complexity index is 499. The van der Waals surface area contributed by atoms with E-state index in [9.17, 15) is 13.2 Å². The zero-order valence-corrected chi connectivity index (χ0v) is 11.4. The molecule has 0 atom stereocenters. The number of thiocarbonyl (C=S) groups is 1. The van der Waals surface area contributed by atoms with Crippen molar-refractivity contribution in [1.29, 1.82) is 0 Å². The third-order valence-electron chi connectivity index (χ3n) is 3.03. The summed E-state index contributed by atoms with van der Waals surface area (Å²) in [5, 5.41) is 0. The van der Waals surface area contributed by atoms with Crippen molar-refractivity contribution in [3.63, 3.8) is 0 Å². The van der Waals surface area contributed by atoms with Crippen LogP contribution in [0.1, 0.15) is 24.0 Å². The van der Waals surface area contributed by atoms with Crippen molar-refractivity contribution in [2.75, 3.05) is 13.2 Å². The lowest BCUT2D eigenvalue weighted by Gasteiger charge is -2.25. The summed E-state index contributed by atoms with van der Waals surface area (Å²) in [6, 6.07) is 3.63. The average Bonchev–Trinajstić information content (AvgIpc) is 2.39. The van der Waals surface area contributed by atoms with Gasteiger partial charge in [-0.15, -0.1) is 0 Å². The van der Waals surface area contributed by atoms with E-state index >= 15 is 0 Å². The first-order valence-corrected chi connectivity index (χ1v) is 6.54. The summed E-state index contributed by atoms with van der Waals surface area (Å²) >= 11 is 4.70. The first-order chi connectivity index (χ1) is 9.38. The molecule has 0 spiro atoms. The second-order valence-electron chi connectivity index (χ2n) is 4.50. The lowest BCUT2D eigenvalue weighted by Crippen LogP contribution is -2.27. The van der Waals surface area contributed by atoms with Gasteiger partial charge in [-0.05, 0) is 18.2 Å². The summed E-state index contributed by atoms with van der Waals surface area (Å²) in [5.41, 5.74) is 4.69. The summed E-state index contributed by atoms with van der Waals surface area (Å²) in [6.45, 7) is 0.994. The maximum absolute atomic E-state index is 13.1.